The molecule has 0 bridgehead atoms. The van der Waals surface area contributed by atoms with Crippen LogP contribution in [0.2, 0.25) is 0 Å². The summed E-state index contributed by atoms with van der Waals surface area (Å²) in [7, 11) is 1.95. The van der Waals surface area contributed by atoms with Crippen molar-refractivity contribution in [1.82, 2.24) is 14.5 Å². The minimum absolute atomic E-state index is 0.181. The first-order valence-corrected chi connectivity index (χ1v) is 7.65. The number of nitrogens with zero attached hydrogens (tertiary/aromatic N) is 3. The van der Waals surface area contributed by atoms with Crippen LogP contribution >= 0.6 is 11.8 Å². The Balaban J connectivity index is 1.86. The molecule has 1 aromatic rings. The highest BCUT2D eigenvalue weighted by atomic mass is 32.2. The maximum absolute atomic E-state index is 12.2. The van der Waals surface area contributed by atoms with Crippen LogP contribution in [-0.2, 0) is 4.79 Å². The third-order valence-corrected chi connectivity index (χ3v) is 4.68. The van der Waals surface area contributed by atoms with Crippen molar-refractivity contribution < 1.29 is 4.79 Å². The minimum Gasteiger partial charge on any atom is -0.343 e. The molecule has 5 heteroatoms. The van der Waals surface area contributed by atoms with E-state index in [2.05, 4.69) is 11.9 Å². The van der Waals surface area contributed by atoms with E-state index < -0.39 is 0 Å². The molecule has 1 saturated heterocycles. The van der Waals surface area contributed by atoms with Gasteiger partial charge in [0.05, 0.1) is 6.33 Å². The topological polar surface area (TPSA) is 38.1 Å². The van der Waals surface area contributed by atoms with Crippen LogP contribution in [-0.4, -0.2) is 45.0 Å². The van der Waals surface area contributed by atoms with Crippen LogP contribution in [0.4, 0.5) is 0 Å². The second kappa shape index (κ2) is 6.27. The fourth-order valence-corrected chi connectivity index (χ4v) is 3.39. The number of rotatable bonds is 4. The molecular formula is C13H21N3OS. The number of carbonyl (C=O) groups is 1. The van der Waals surface area contributed by atoms with E-state index in [1.54, 1.807) is 12.5 Å². The Morgan fingerprint density at radius 3 is 2.89 bits per heavy atom. The second-order valence-electron chi connectivity index (χ2n) is 4.91. The van der Waals surface area contributed by atoms with Gasteiger partial charge in [-0.1, -0.05) is 0 Å². The predicted octanol–water partition coefficient (Wildman–Crippen LogP) is 2.19. The fourth-order valence-electron chi connectivity index (χ4n) is 2.31. The highest BCUT2D eigenvalue weighted by molar-refractivity contribution is 7.99. The van der Waals surface area contributed by atoms with E-state index >= 15 is 0 Å². The zero-order valence-corrected chi connectivity index (χ0v) is 11.9. The highest BCUT2D eigenvalue weighted by Gasteiger charge is 2.23. The van der Waals surface area contributed by atoms with E-state index in [-0.39, 0.29) is 11.9 Å². The maximum Gasteiger partial charge on any atom is 0.224 e. The van der Waals surface area contributed by atoms with Crippen molar-refractivity contribution in [2.24, 2.45) is 0 Å². The van der Waals surface area contributed by atoms with Crippen molar-refractivity contribution in [2.75, 3.05) is 18.6 Å². The molecule has 0 saturated carbocycles. The molecule has 18 heavy (non-hydrogen) atoms. The molecule has 1 amide bonds. The fraction of sp³-hybridized carbons (Fsp3) is 0.692. The molecule has 4 nitrogen and oxygen atoms in total. The Labute approximate surface area is 113 Å². The van der Waals surface area contributed by atoms with Crippen LogP contribution < -0.4 is 0 Å². The lowest BCUT2D eigenvalue weighted by Gasteiger charge is -2.31. The molecule has 1 atom stereocenters. The number of aromatic nitrogens is 2. The van der Waals surface area contributed by atoms with Crippen LogP contribution in [0.15, 0.2) is 18.7 Å². The van der Waals surface area contributed by atoms with Crippen LogP contribution in [0.3, 0.4) is 0 Å². The van der Waals surface area contributed by atoms with E-state index in [1.807, 2.05) is 34.5 Å². The van der Waals surface area contributed by atoms with Crippen LogP contribution in [0.1, 0.15) is 32.2 Å². The molecule has 1 fully saturated rings. The van der Waals surface area contributed by atoms with Crippen LogP contribution in [0.5, 0.6) is 0 Å². The van der Waals surface area contributed by atoms with Gasteiger partial charge in [-0.2, -0.15) is 11.8 Å². The van der Waals surface area contributed by atoms with E-state index in [0.29, 0.717) is 12.5 Å². The van der Waals surface area contributed by atoms with Gasteiger partial charge in [-0.25, -0.2) is 4.98 Å². The quantitative estimate of drug-likeness (QED) is 0.839. The summed E-state index contributed by atoms with van der Waals surface area (Å²) in [5, 5.41) is 0. The van der Waals surface area contributed by atoms with Crippen LogP contribution in [0.25, 0.3) is 0 Å². The Kier molecular flexibility index (Phi) is 4.69. The number of hydrogen-bond donors (Lipinski definition) is 0. The van der Waals surface area contributed by atoms with Crippen molar-refractivity contribution in [1.29, 1.82) is 0 Å². The Morgan fingerprint density at radius 1 is 1.56 bits per heavy atom. The lowest BCUT2D eigenvalue weighted by Crippen LogP contribution is -2.39. The SMILES string of the molecule is CC(CC(=O)N(C)C1CCSCC1)n1ccnc1. The average molecular weight is 267 g/mol. The number of thioether (sulfide) groups is 1. The molecule has 0 aromatic carbocycles. The van der Waals surface area contributed by atoms with E-state index in [9.17, 15) is 4.79 Å². The van der Waals surface area contributed by atoms with Crippen LogP contribution in [0, 0.1) is 0 Å². The molecule has 1 aliphatic rings. The largest absolute Gasteiger partial charge is 0.343 e. The summed E-state index contributed by atoms with van der Waals surface area (Å²) in [6, 6.07) is 0.620. The van der Waals surface area contributed by atoms with Gasteiger partial charge in [0.1, 0.15) is 0 Å². The van der Waals surface area contributed by atoms with E-state index in [4.69, 9.17) is 0 Å². The standard InChI is InChI=1S/C13H21N3OS/c1-11(16-6-5-14-10-16)9-13(17)15(2)12-3-7-18-8-4-12/h5-6,10-12H,3-4,7-9H2,1-2H3. The highest BCUT2D eigenvalue weighted by Crippen LogP contribution is 2.22. The monoisotopic (exact) mass is 267 g/mol. The Morgan fingerprint density at radius 2 is 2.28 bits per heavy atom. The van der Waals surface area contributed by atoms with Crippen molar-refractivity contribution in [3.8, 4) is 0 Å². The number of amides is 1. The summed E-state index contributed by atoms with van der Waals surface area (Å²) >= 11 is 1.99. The smallest absolute Gasteiger partial charge is 0.224 e. The lowest BCUT2D eigenvalue weighted by atomic mass is 10.1. The van der Waals surface area contributed by atoms with Gasteiger partial charge >= 0.3 is 0 Å². The minimum atomic E-state index is 0.181. The molecule has 1 aliphatic heterocycles. The average Bonchev–Trinajstić information content (AvgIpc) is 2.92. The Hall–Kier alpha value is -0.970. The summed E-state index contributed by atoms with van der Waals surface area (Å²) < 4.78 is 1.99. The Bertz CT molecular complexity index is 374. The molecular weight excluding hydrogens is 246 g/mol. The number of carbonyl (C=O) groups excluding carboxylic acids is 1. The summed E-state index contributed by atoms with van der Waals surface area (Å²) in [6.45, 7) is 2.06. The van der Waals surface area contributed by atoms with Gasteiger partial charge < -0.3 is 9.47 Å². The molecule has 1 aromatic heterocycles. The zero-order chi connectivity index (χ0) is 13.0. The van der Waals surface area contributed by atoms with Gasteiger partial charge in [0.25, 0.3) is 0 Å². The van der Waals surface area contributed by atoms with Crippen molar-refractivity contribution in [3.63, 3.8) is 0 Å². The van der Waals surface area contributed by atoms with E-state index in [1.165, 1.54) is 11.5 Å². The molecule has 2 rings (SSSR count). The van der Waals surface area contributed by atoms with Gasteiger partial charge in [-0.15, -0.1) is 0 Å². The first-order chi connectivity index (χ1) is 8.68. The van der Waals surface area contributed by atoms with Crippen molar-refractivity contribution in [2.45, 2.75) is 38.3 Å². The molecule has 0 radical (unpaired) electrons. The summed E-state index contributed by atoms with van der Waals surface area (Å²) in [5.41, 5.74) is 0. The predicted molar refractivity (Wildman–Crippen MR) is 74.7 cm³/mol. The van der Waals surface area contributed by atoms with Gasteiger partial charge in [-0.3, -0.25) is 4.79 Å². The second-order valence-corrected chi connectivity index (χ2v) is 6.14. The first kappa shape index (κ1) is 13.5. The molecule has 2 heterocycles. The third-order valence-electron chi connectivity index (χ3n) is 3.64. The van der Waals surface area contributed by atoms with E-state index in [0.717, 1.165) is 12.8 Å². The molecule has 0 N–H and O–H groups in total. The molecule has 1 unspecified atom stereocenters. The molecule has 0 spiro atoms. The number of imidazole rings is 1. The lowest BCUT2D eigenvalue weighted by molar-refractivity contribution is -0.132. The van der Waals surface area contributed by atoms with Gasteiger partial charge in [0.15, 0.2) is 0 Å². The summed E-state index contributed by atoms with van der Waals surface area (Å²) in [6.07, 6.45) is 8.25. The zero-order valence-electron chi connectivity index (χ0n) is 11.1. The van der Waals surface area contributed by atoms with Gasteiger partial charge in [-0.05, 0) is 31.3 Å². The summed E-state index contributed by atoms with van der Waals surface area (Å²) in [5.74, 6) is 2.60. The maximum atomic E-state index is 12.2. The number of hydrogen-bond acceptors (Lipinski definition) is 3. The summed E-state index contributed by atoms with van der Waals surface area (Å²) in [4.78, 5) is 18.2. The van der Waals surface area contributed by atoms with Crippen molar-refractivity contribution >= 4 is 17.7 Å². The molecule has 0 aliphatic carbocycles. The normalized spacial score (nSPS) is 18.6. The molecule has 100 valence electrons. The van der Waals surface area contributed by atoms with Gasteiger partial charge in [0.2, 0.25) is 5.91 Å². The third kappa shape index (κ3) is 3.28. The first-order valence-electron chi connectivity index (χ1n) is 6.49. The van der Waals surface area contributed by atoms with Gasteiger partial charge in [0, 0.05) is 37.9 Å². The van der Waals surface area contributed by atoms with Crippen molar-refractivity contribution in [3.05, 3.63) is 18.7 Å².